The molecule has 88 valence electrons. The Labute approximate surface area is 104 Å². The molecule has 17 heavy (non-hydrogen) atoms. The van der Waals surface area contributed by atoms with Crippen molar-refractivity contribution in [2.75, 3.05) is 0 Å². The summed E-state index contributed by atoms with van der Waals surface area (Å²) in [5, 5.41) is 0. The lowest BCUT2D eigenvalue weighted by atomic mass is 10.2. The fourth-order valence-electron chi connectivity index (χ4n) is 2.43. The minimum absolute atomic E-state index is 0.189. The first-order valence-electron chi connectivity index (χ1n) is 5.72. The summed E-state index contributed by atoms with van der Waals surface area (Å²) in [4.78, 5) is 3.08. The third-order valence-corrected chi connectivity index (χ3v) is 3.64. The van der Waals surface area contributed by atoms with Gasteiger partial charge < -0.3 is 9.55 Å². The number of aromatic amines is 1. The largest absolute Gasteiger partial charge is 0.330 e. The van der Waals surface area contributed by atoms with Gasteiger partial charge in [0.15, 0.2) is 4.77 Å². The van der Waals surface area contributed by atoms with E-state index in [1.54, 1.807) is 6.92 Å². The van der Waals surface area contributed by atoms with Gasteiger partial charge in [-0.15, -0.1) is 0 Å². The van der Waals surface area contributed by atoms with Crippen LogP contribution >= 0.6 is 12.2 Å². The molecule has 0 radical (unpaired) electrons. The van der Waals surface area contributed by atoms with Crippen molar-refractivity contribution in [1.29, 1.82) is 0 Å². The van der Waals surface area contributed by atoms with Crippen molar-refractivity contribution in [2.24, 2.45) is 0 Å². The van der Waals surface area contributed by atoms with Crippen LogP contribution in [0.3, 0.4) is 0 Å². The lowest BCUT2D eigenvalue weighted by Gasteiger charge is -2.12. The van der Waals surface area contributed by atoms with Crippen molar-refractivity contribution in [3.63, 3.8) is 0 Å². The number of imidazole rings is 1. The van der Waals surface area contributed by atoms with E-state index in [0.29, 0.717) is 16.4 Å². The molecule has 1 aliphatic rings. The molecule has 0 aliphatic heterocycles. The van der Waals surface area contributed by atoms with E-state index in [4.69, 9.17) is 12.2 Å². The van der Waals surface area contributed by atoms with Crippen LogP contribution in [-0.2, 0) is 0 Å². The summed E-state index contributed by atoms with van der Waals surface area (Å²) in [6.45, 7) is 1.78. The van der Waals surface area contributed by atoms with E-state index < -0.39 is 0 Å². The number of fused-ring (bicyclic) bond motifs is 1. The van der Waals surface area contributed by atoms with Crippen molar-refractivity contribution in [3.05, 3.63) is 40.4 Å². The first-order valence-corrected chi connectivity index (χ1v) is 6.13. The zero-order valence-electron chi connectivity index (χ0n) is 9.53. The van der Waals surface area contributed by atoms with Gasteiger partial charge in [-0.25, -0.2) is 4.39 Å². The number of halogens is 1. The minimum atomic E-state index is -0.189. The molecule has 0 fully saturated rings. The van der Waals surface area contributed by atoms with Crippen LogP contribution in [0, 0.1) is 17.5 Å². The first kappa shape index (κ1) is 10.7. The SMILES string of the molecule is Cc1cc2c(cc1F)[nH]c(=S)n2C1CC=CC1. The van der Waals surface area contributed by atoms with E-state index in [-0.39, 0.29) is 5.82 Å². The van der Waals surface area contributed by atoms with Gasteiger partial charge >= 0.3 is 0 Å². The fourth-order valence-corrected chi connectivity index (χ4v) is 2.78. The van der Waals surface area contributed by atoms with E-state index in [2.05, 4.69) is 21.7 Å². The van der Waals surface area contributed by atoms with Crippen LogP contribution < -0.4 is 0 Å². The smallest absolute Gasteiger partial charge is 0.178 e. The number of benzene rings is 1. The lowest BCUT2D eigenvalue weighted by molar-refractivity contribution is 0.544. The highest BCUT2D eigenvalue weighted by molar-refractivity contribution is 7.71. The Hall–Kier alpha value is -1.42. The first-order chi connectivity index (χ1) is 8.16. The Morgan fingerprint density at radius 2 is 2.06 bits per heavy atom. The molecule has 2 aromatic rings. The summed E-state index contributed by atoms with van der Waals surface area (Å²) >= 11 is 5.33. The summed E-state index contributed by atoms with van der Waals surface area (Å²) in [7, 11) is 0. The molecule has 0 atom stereocenters. The van der Waals surface area contributed by atoms with E-state index in [9.17, 15) is 4.39 Å². The van der Waals surface area contributed by atoms with Gasteiger partial charge in [-0.3, -0.25) is 0 Å². The minimum Gasteiger partial charge on any atom is -0.330 e. The summed E-state index contributed by atoms with van der Waals surface area (Å²) in [6, 6.07) is 3.77. The Morgan fingerprint density at radius 1 is 1.35 bits per heavy atom. The zero-order chi connectivity index (χ0) is 12.0. The molecule has 0 saturated heterocycles. The fraction of sp³-hybridized carbons (Fsp3) is 0.308. The molecule has 0 amide bonds. The van der Waals surface area contributed by atoms with E-state index >= 15 is 0 Å². The maximum atomic E-state index is 13.5. The quantitative estimate of drug-likeness (QED) is 0.596. The van der Waals surface area contributed by atoms with Crippen molar-refractivity contribution < 1.29 is 4.39 Å². The number of allylic oxidation sites excluding steroid dienone is 2. The summed E-state index contributed by atoms with van der Waals surface area (Å²) in [5.74, 6) is -0.189. The van der Waals surface area contributed by atoms with Crippen LogP contribution in [0.2, 0.25) is 0 Å². The molecule has 0 saturated carbocycles. The van der Waals surface area contributed by atoms with E-state index in [1.807, 2.05) is 6.07 Å². The number of hydrogen-bond donors (Lipinski definition) is 1. The van der Waals surface area contributed by atoms with Crippen molar-refractivity contribution in [2.45, 2.75) is 25.8 Å². The maximum absolute atomic E-state index is 13.5. The number of rotatable bonds is 1. The second-order valence-corrected chi connectivity index (χ2v) is 4.90. The number of aromatic nitrogens is 2. The van der Waals surface area contributed by atoms with Gasteiger partial charge in [0.2, 0.25) is 0 Å². The summed E-state index contributed by atoms with van der Waals surface area (Å²) < 4.78 is 16.3. The molecule has 1 heterocycles. The predicted molar refractivity (Wildman–Crippen MR) is 69.2 cm³/mol. The number of nitrogens with zero attached hydrogens (tertiary/aromatic N) is 1. The normalized spacial score (nSPS) is 16.1. The van der Waals surface area contributed by atoms with Gasteiger partial charge in [0.1, 0.15) is 5.82 Å². The topological polar surface area (TPSA) is 20.7 Å². The molecule has 1 aromatic carbocycles. The Balaban J connectivity index is 2.26. The average molecular weight is 248 g/mol. The van der Waals surface area contributed by atoms with Crippen molar-refractivity contribution in [3.8, 4) is 0 Å². The average Bonchev–Trinajstić information content (AvgIpc) is 2.86. The number of aryl methyl sites for hydroxylation is 1. The molecule has 1 aromatic heterocycles. The van der Waals surface area contributed by atoms with Gasteiger partial charge in [0, 0.05) is 6.04 Å². The van der Waals surface area contributed by atoms with Crippen LogP contribution in [0.25, 0.3) is 11.0 Å². The molecule has 0 spiro atoms. The standard InChI is InChI=1S/C13H13FN2S/c1-8-6-12-11(7-10(8)14)15-13(17)16(12)9-4-2-3-5-9/h2-3,6-7,9H,4-5H2,1H3,(H,15,17). The molecular formula is C13H13FN2S. The molecule has 4 heteroatoms. The molecule has 0 bridgehead atoms. The zero-order valence-corrected chi connectivity index (χ0v) is 10.4. The van der Waals surface area contributed by atoms with Crippen LogP contribution in [0.5, 0.6) is 0 Å². The van der Waals surface area contributed by atoms with Gasteiger partial charge in [-0.1, -0.05) is 12.2 Å². The number of H-pyrrole nitrogens is 1. The van der Waals surface area contributed by atoms with Gasteiger partial charge in [-0.2, -0.15) is 0 Å². The monoisotopic (exact) mass is 248 g/mol. The van der Waals surface area contributed by atoms with Crippen molar-refractivity contribution in [1.82, 2.24) is 9.55 Å². The van der Waals surface area contributed by atoms with E-state index in [1.165, 1.54) is 6.07 Å². The maximum Gasteiger partial charge on any atom is 0.178 e. The van der Waals surface area contributed by atoms with Gasteiger partial charge in [0.05, 0.1) is 11.0 Å². The second-order valence-electron chi connectivity index (χ2n) is 4.52. The van der Waals surface area contributed by atoms with Crippen LogP contribution in [-0.4, -0.2) is 9.55 Å². The lowest BCUT2D eigenvalue weighted by Crippen LogP contribution is -2.05. The van der Waals surface area contributed by atoms with E-state index in [0.717, 1.165) is 23.9 Å². The van der Waals surface area contributed by atoms with Crippen LogP contribution in [0.1, 0.15) is 24.4 Å². The summed E-state index contributed by atoms with van der Waals surface area (Å²) in [5.41, 5.74) is 2.44. The molecule has 1 N–H and O–H groups in total. The Morgan fingerprint density at radius 3 is 2.76 bits per heavy atom. The summed E-state index contributed by atoms with van der Waals surface area (Å²) in [6.07, 6.45) is 6.33. The second kappa shape index (κ2) is 3.81. The van der Waals surface area contributed by atoms with Crippen molar-refractivity contribution >= 4 is 23.3 Å². The molecular weight excluding hydrogens is 235 g/mol. The molecule has 1 aliphatic carbocycles. The Bertz CT molecular complexity index is 658. The molecule has 3 rings (SSSR count). The Kier molecular flexibility index (Phi) is 2.40. The molecule has 2 nitrogen and oxygen atoms in total. The van der Waals surface area contributed by atoms with Crippen LogP contribution in [0.15, 0.2) is 24.3 Å². The third-order valence-electron chi connectivity index (χ3n) is 3.35. The highest BCUT2D eigenvalue weighted by atomic mass is 32.1. The highest BCUT2D eigenvalue weighted by Gasteiger charge is 2.17. The third kappa shape index (κ3) is 1.63. The van der Waals surface area contributed by atoms with Crippen LogP contribution in [0.4, 0.5) is 4.39 Å². The highest BCUT2D eigenvalue weighted by Crippen LogP contribution is 2.29. The molecule has 0 unspecified atom stereocenters. The van der Waals surface area contributed by atoms with Gasteiger partial charge in [0.25, 0.3) is 0 Å². The number of nitrogens with one attached hydrogen (secondary N) is 1. The van der Waals surface area contributed by atoms with Gasteiger partial charge in [-0.05, 0) is 49.7 Å². The number of hydrogen-bond acceptors (Lipinski definition) is 1. The predicted octanol–water partition coefficient (Wildman–Crippen LogP) is 4.04.